The Kier molecular flexibility index (Phi) is 4.03. The van der Waals surface area contributed by atoms with Crippen molar-refractivity contribution in [2.75, 3.05) is 0 Å². The number of rotatable bonds is 2. The number of halogens is 2. The fourth-order valence-electron chi connectivity index (χ4n) is 1.12. The van der Waals surface area contributed by atoms with Gasteiger partial charge in [0.05, 0.1) is 4.47 Å². The second-order valence-electron chi connectivity index (χ2n) is 3.24. The summed E-state index contributed by atoms with van der Waals surface area (Å²) in [6.07, 6.45) is 1.64. The molecule has 0 bridgehead atoms. The SMILES string of the molecule is Cn1[nH]c(=O)c(=O)nc1Sc1ncc(Br)cc1Br. The molecule has 0 fully saturated rings. The fourth-order valence-corrected chi connectivity index (χ4v) is 3.09. The summed E-state index contributed by atoms with van der Waals surface area (Å²) in [5.41, 5.74) is -1.56. The minimum Gasteiger partial charge on any atom is -0.265 e. The number of H-pyrrole nitrogens is 1. The van der Waals surface area contributed by atoms with Gasteiger partial charge in [-0.05, 0) is 49.7 Å². The molecular formula is C9H6Br2N4O2S. The molecule has 0 atom stereocenters. The van der Waals surface area contributed by atoms with Crippen LogP contribution in [0.25, 0.3) is 0 Å². The quantitative estimate of drug-likeness (QED) is 0.782. The first-order chi connectivity index (χ1) is 8.47. The first-order valence-corrected chi connectivity index (χ1v) is 7.04. The van der Waals surface area contributed by atoms with Gasteiger partial charge < -0.3 is 0 Å². The lowest BCUT2D eigenvalue weighted by atomic mass is 10.5. The number of aromatic amines is 1. The topological polar surface area (TPSA) is 80.6 Å². The van der Waals surface area contributed by atoms with Crippen molar-refractivity contribution in [3.63, 3.8) is 0 Å². The van der Waals surface area contributed by atoms with E-state index in [4.69, 9.17) is 0 Å². The van der Waals surface area contributed by atoms with E-state index in [0.717, 1.165) is 8.95 Å². The summed E-state index contributed by atoms with van der Waals surface area (Å²) in [5, 5.41) is 3.37. The van der Waals surface area contributed by atoms with Crippen LogP contribution in [0.2, 0.25) is 0 Å². The third-order valence-electron chi connectivity index (χ3n) is 1.91. The zero-order valence-electron chi connectivity index (χ0n) is 8.98. The lowest BCUT2D eigenvalue weighted by Gasteiger charge is -2.06. The van der Waals surface area contributed by atoms with E-state index in [1.165, 1.54) is 16.4 Å². The molecule has 0 saturated heterocycles. The summed E-state index contributed by atoms with van der Waals surface area (Å²) in [6.45, 7) is 0. The number of hydrogen-bond donors (Lipinski definition) is 1. The number of aromatic nitrogens is 4. The van der Waals surface area contributed by atoms with Gasteiger partial charge in [0.25, 0.3) is 0 Å². The zero-order valence-corrected chi connectivity index (χ0v) is 13.0. The highest BCUT2D eigenvalue weighted by atomic mass is 79.9. The van der Waals surface area contributed by atoms with E-state index in [0.29, 0.717) is 10.2 Å². The molecule has 0 aliphatic rings. The van der Waals surface area contributed by atoms with Gasteiger partial charge in [-0.2, -0.15) is 4.98 Å². The Morgan fingerprint density at radius 2 is 2.11 bits per heavy atom. The number of nitrogens with zero attached hydrogens (tertiary/aromatic N) is 3. The normalized spacial score (nSPS) is 10.6. The van der Waals surface area contributed by atoms with Crippen LogP contribution in [0.5, 0.6) is 0 Å². The summed E-state index contributed by atoms with van der Waals surface area (Å²) < 4.78 is 2.98. The van der Waals surface area contributed by atoms with Gasteiger partial charge in [-0.25, -0.2) is 4.98 Å². The molecule has 2 rings (SSSR count). The van der Waals surface area contributed by atoms with E-state index in [2.05, 4.69) is 46.9 Å². The van der Waals surface area contributed by atoms with E-state index in [-0.39, 0.29) is 0 Å². The van der Waals surface area contributed by atoms with Crippen molar-refractivity contribution >= 4 is 43.6 Å². The lowest BCUT2D eigenvalue weighted by molar-refractivity contribution is 0.596. The number of pyridine rings is 1. The highest BCUT2D eigenvalue weighted by Gasteiger charge is 2.10. The second-order valence-corrected chi connectivity index (χ2v) is 5.97. The molecule has 0 amide bonds. The minimum atomic E-state index is -0.816. The van der Waals surface area contributed by atoms with Crippen LogP contribution in [-0.2, 0) is 7.05 Å². The monoisotopic (exact) mass is 392 g/mol. The van der Waals surface area contributed by atoms with Crippen LogP contribution in [0.4, 0.5) is 0 Å². The molecule has 2 aromatic rings. The van der Waals surface area contributed by atoms with Crippen molar-refractivity contribution < 1.29 is 0 Å². The Hall–Kier alpha value is -0.930. The average Bonchev–Trinajstić information content (AvgIpc) is 2.29. The Morgan fingerprint density at radius 3 is 2.78 bits per heavy atom. The standard InChI is InChI=1S/C9H6Br2N4O2S/c1-15-9(13-6(16)7(17)14-15)18-8-5(11)2-4(10)3-12-8/h2-3H,1H3,(H,14,17). The van der Waals surface area contributed by atoms with Gasteiger partial charge in [-0.15, -0.1) is 0 Å². The van der Waals surface area contributed by atoms with Crippen molar-refractivity contribution in [1.82, 2.24) is 19.7 Å². The molecule has 94 valence electrons. The molecule has 0 radical (unpaired) electrons. The highest BCUT2D eigenvalue weighted by Crippen LogP contribution is 2.30. The zero-order chi connectivity index (χ0) is 13.3. The third-order valence-corrected chi connectivity index (χ3v) is 4.28. The van der Waals surface area contributed by atoms with Gasteiger partial charge in [0.1, 0.15) is 5.03 Å². The summed E-state index contributed by atoms with van der Waals surface area (Å²) in [5.74, 6) is 0. The maximum Gasteiger partial charge on any atom is 0.339 e. The molecule has 6 nitrogen and oxygen atoms in total. The number of aryl methyl sites for hydroxylation is 1. The Bertz CT molecular complexity index is 712. The molecule has 18 heavy (non-hydrogen) atoms. The predicted octanol–water partition coefficient (Wildman–Crippen LogP) is 1.54. The smallest absolute Gasteiger partial charge is 0.265 e. The molecule has 0 aliphatic heterocycles. The Morgan fingerprint density at radius 1 is 1.39 bits per heavy atom. The van der Waals surface area contributed by atoms with Crippen LogP contribution in [0.15, 0.2) is 41.0 Å². The largest absolute Gasteiger partial charge is 0.339 e. The molecule has 0 aromatic carbocycles. The lowest BCUT2D eigenvalue weighted by Crippen LogP contribution is -2.33. The van der Waals surface area contributed by atoms with E-state index in [9.17, 15) is 9.59 Å². The van der Waals surface area contributed by atoms with E-state index in [1.54, 1.807) is 13.2 Å². The number of nitrogens with one attached hydrogen (secondary N) is 1. The summed E-state index contributed by atoms with van der Waals surface area (Å²) in [7, 11) is 1.60. The second kappa shape index (κ2) is 5.37. The summed E-state index contributed by atoms with van der Waals surface area (Å²) >= 11 is 7.83. The van der Waals surface area contributed by atoms with Crippen LogP contribution >= 0.6 is 43.6 Å². The van der Waals surface area contributed by atoms with E-state index >= 15 is 0 Å². The van der Waals surface area contributed by atoms with Crippen molar-refractivity contribution in [3.05, 3.63) is 41.9 Å². The maximum absolute atomic E-state index is 11.2. The van der Waals surface area contributed by atoms with Gasteiger partial charge >= 0.3 is 11.1 Å². The van der Waals surface area contributed by atoms with E-state index < -0.39 is 11.1 Å². The molecule has 0 spiro atoms. The first kappa shape index (κ1) is 13.5. The average molecular weight is 394 g/mol. The van der Waals surface area contributed by atoms with Gasteiger partial charge in [0.2, 0.25) is 0 Å². The Labute approximate surface area is 122 Å². The molecule has 1 N–H and O–H groups in total. The van der Waals surface area contributed by atoms with Crippen molar-refractivity contribution in [2.45, 2.75) is 10.2 Å². The molecule has 9 heteroatoms. The third kappa shape index (κ3) is 2.90. The van der Waals surface area contributed by atoms with Gasteiger partial charge in [-0.1, -0.05) is 0 Å². The molecule has 2 aromatic heterocycles. The van der Waals surface area contributed by atoms with Gasteiger partial charge in [0, 0.05) is 17.7 Å². The summed E-state index contributed by atoms with van der Waals surface area (Å²) in [6, 6.07) is 1.83. The molecule has 2 heterocycles. The molecular weight excluding hydrogens is 388 g/mol. The van der Waals surface area contributed by atoms with Crippen LogP contribution in [-0.4, -0.2) is 19.7 Å². The summed E-state index contributed by atoms with van der Waals surface area (Å²) in [4.78, 5) is 30.1. The Balaban J connectivity index is 2.43. The van der Waals surface area contributed by atoms with Gasteiger partial charge in [-0.3, -0.25) is 19.4 Å². The molecule has 0 unspecified atom stereocenters. The predicted molar refractivity (Wildman–Crippen MR) is 73.9 cm³/mol. The number of hydrogen-bond acceptors (Lipinski definition) is 5. The molecule has 0 aliphatic carbocycles. The maximum atomic E-state index is 11.2. The van der Waals surface area contributed by atoms with Crippen molar-refractivity contribution in [3.8, 4) is 0 Å². The fraction of sp³-hybridized carbons (Fsp3) is 0.111. The van der Waals surface area contributed by atoms with Crippen LogP contribution in [0, 0.1) is 0 Å². The van der Waals surface area contributed by atoms with Crippen LogP contribution in [0.1, 0.15) is 0 Å². The van der Waals surface area contributed by atoms with E-state index in [1.807, 2.05) is 6.07 Å². The van der Waals surface area contributed by atoms with Gasteiger partial charge in [0.15, 0.2) is 5.16 Å². The van der Waals surface area contributed by atoms with Crippen LogP contribution < -0.4 is 11.1 Å². The minimum absolute atomic E-state index is 0.357. The van der Waals surface area contributed by atoms with Crippen molar-refractivity contribution in [2.24, 2.45) is 7.05 Å². The van der Waals surface area contributed by atoms with Crippen molar-refractivity contribution in [1.29, 1.82) is 0 Å². The van der Waals surface area contributed by atoms with Crippen LogP contribution in [0.3, 0.4) is 0 Å². The molecule has 0 saturated carbocycles. The first-order valence-electron chi connectivity index (χ1n) is 4.63. The highest BCUT2D eigenvalue weighted by molar-refractivity contribution is 9.11.